The largest absolute Gasteiger partial charge is 0.481 e. The number of carbonyl (C=O) groups is 2. The number of hydrogen-bond acceptors (Lipinski definition) is 14. The zero-order valence-electron chi connectivity index (χ0n) is 35.1. The number of aliphatic hydroxyl groups is 7. The molecule has 8 N–H and O–H groups in total. The average Bonchev–Trinajstić information content (AvgIpc) is 3.18. The molecule has 2 aliphatic heterocycles. The summed E-state index contributed by atoms with van der Waals surface area (Å²) in [7, 11) is 1.40. The Kier molecular flexibility index (Phi) is 11.6. The van der Waals surface area contributed by atoms with Gasteiger partial charge in [0.05, 0.1) is 37.3 Å². The van der Waals surface area contributed by atoms with Gasteiger partial charge in [0.15, 0.2) is 12.6 Å². The zero-order valence-corrected chi connectivity index (χ0v) is 35.1. The molecule has 15 heteroatoms. The van der Waals surface area contributed by atoms with Crippen LogP contribution in [0.2, 0.25) is 0 Å². The molecular weight excluding hydrogens is 756 g/mol. The lowest BCUT2D eigenvalue weighted by Crippen LogP contribution is -2.67. The normalized spacial score (nSPS) is 52.6. The quantitative estimate of drug-likeness (QED) is 0.0993. The number of carboxylic acid groups (broad SMARTS) is 1. The molecule has 0 aromatic carbocycles. The van der Waals surface area contributed by atoms with E-state index in [1.54, 1.807) is 0 Å². The third kappa shape index (κ3) is 6.38. The lowest BCUT2D eigenvalue weighted by atomic mass is 9.33. The Morgan fingerprint density at radius 3 is 1.98 bits per heavy atom. The number of carbonyl (C=O) groups excluding carboxylic acids is 1. The molecule has 58 heavy (non-hydrogen) atoms. The first-order chi connectivity index (χ1) is 27.1. The standard InChI is InChI=1S/C43H68O15/c1-38(2)25-10-13-42(6)26(9-8-21-22-18-39(3,37(53)54-7)14-16-43(22,36(51)52)17-15-41(21,42)5)40(25,4)12-11-27(38)57-35-33(31(49)29(47)24(20-45)56-35)58-34-32(50)30(48)28(46)23(19-44)55-34/h8,22-35,44-50H,9-20H2,1-7H3,(H,51,52). The highest BCUT2D eigenvalue weighted by atomic mass is 16.8. The molecule has 7 aliphatic rings. The second-order valence-electron chi connectivity index (χ2n) is 20.6. The van der Waals surface area contributed by atoms with Crippen LogP contribution in [0.25, 0.3) is 0 Å². The van der Waals surface area contributed by atoms with E-state index in [1.807, 2.05) is 6.92 Å². The molecule has 19 unspecified atom stereocenters. The maximum absolute atomic E-state index is 13.2. The van der Waals surface area contributed by atoms with Crippen LogP contribution in [0.3, 0.4) is 0 Å². The molecule has 2 heterocycles. The molecule has 2 saturated heterocycles. The zero-order chi connectivity index (χ0) is 42.5. The fourth-order valence-corrected chi connectivity index (χ4v) is 13.9. The Morgan fingerprint density at radius 2 is 1.36 bits per heavy atom. The Morgan fingerprint density at radius 1 is 0.741 bits per heavy atom. The molecule has 15 nitrogen and oxygen atoms in total. The minimum atomic E-state index is -1.77. The van der Waals surface area contributed by atoms with Crippen molar-refractivity contribution in [1.82, 2.24) is 0 Å². The highest BCUT2D eigenvalue weighted by Gasteiger charge is 2.70. The summed E-state index contributed by atoms with van der Waals surface area (Å²) >= 11 is 0. The summed E-state index contributed by atoms with van der Waals surface area (Å²) < 4.78 is 29.6. The number of allylic oxidation sites excluding steroid dienone is 2. The van der Waals surface area contributed by atoms with Crippen LogP contribution in [0.1, 0.15) is 106 Å². The maximum Gasteiger partial charge on any atom is 0.311 e. The first-order valence-electron chi connectivity index (χ1n) is 21.4. The number of esters is 1. The fraction of sp³-hybridized carbons (Fsp3) is 0.907. The second kappa shape index (κ2) is 15.2. The number of aliphatic hydroxyl groups excluding tert-OH is 7. The van der Waals surface area contributed by atoms with Crippen molar-refractivity contribution < 1.29 is 74.1 Å². The number of fused-ring (bicyclic) bond motifs is 7. The average molecular weight is 825 g/mol. The van der Waals surface area contributed by atoms with Crippen molar-refractivity contribution in [2.45, 2.75) is 173 Å². The van der Waals surface area contributed by atoms with Crippen LogP contribution in [0.5, 0.6) is 0 Å². The van der Waals surface area contributed by atoms with Gasteiger partial charge in [0, 0.05) is 0 Å². The molecule has 0 aromatic heterocycles. The highest BCUT2D eigenvalue weighted by Crippen LogP contribution is 2.76. The van der Waals surface area contributed by atoms with E-state index < -0.39 is 103 Å². The third-order valence-electron chi connectivity index (χ3n) is 17.7. The van der Waals surface area contributed by atoms with E-state index in [2.05, 4.69) is 40.7 Å². The van der Waals surface area contributed by atoms with Gasteiger partial charge >= 0.3 is 11.9 Å². The van der Waals surface area contributed by atoms with Crippen molar-refractivity contribution in [2.24, 2.45) is 50.2 Å². The predicted octanol–water partition coefficient (Wildman–Crippen LogP) is 2.04. The summed E-state index contributed by atoms with van der Waals surface area (Å²) in [6.07, 6.45) is -6.69. The van der Waals surface area contributed by atoms with E-state index in [0.717, 1.165) is 32.1 Å². The van der Waals surface area contributed by atoms with Crippen LogP contribution < -0.4 is 0 Å². The molecule has 5 aliphatic carbocycles. The molecule has 0 radical (unpaired) electrons. The van der Waals surface area contributed by atoms with Gasteiger partial charge in [-0.3, -0.25) is 9.59 Å². The SMILES string of the molecule is COC(=O)C1(C)CCC2(C(=O)O)CCC3(C)C(=CCC4C5(C)CCC(OC6OC(CO)C(O)C(O)C6OC6OC(CO)C(O)C(O)C6O)C(C)(C)C5CCC43C)C2C1. The van der Waals surface area contributed by atoms with Crippen molar-refractivity contribution in [3.63, 3.8) is 0 Å². The van der Waals surface area contributed by atoms with Gasteiger partial charge in [-0.15, -0.1) is 0 Å². The first-order valence-corrected chi connectivity index (χ1v) is 21.4. The Hall–Kier alpha value is -1.76. The van der Waals surface area contributed by atoms with E-state index in [0.29, 0.717) is 32.1 Å². The molecule has 6 fully saturated rings. The second-order valence-corrected chi connectivity index (χ2v) is 20.6. The molecule has 19 atom stereocenters. The van der Waals surface area contributed by atoms with Gasteiger partial charge < -0.3 is 64.5 Å². The summed E-state index contributed by atoms with van der Waals surface area (Å²) in [6, 6.07) is 0. The van der Waals surface area contributed by atoms with Crippen LogP contribution in [0.15, 0.2) is 11.6 Å². The summed E-state index contributed by atoms with van der Waals surface area (Å²) in [5, 5.41) is 84.3. The fourth-order valence-electron chi connectivity index (χ4n) is 13.9. The van der Waals surface area contributed by atoms with Crippen LogP contribution in [0, 0.1) is 50.2 Å². The van der Waals surface area contributed by atoms with E-state index in [9.17, 15) is 50.4 Å². The minimum Gasteiger partial charge on any atom is -0.481 e. The number of ether oxygens (including phenoxy) is 5. The number of methoxy groups -OCH3 is 1. The van der Waals surface area contributed by atoms with E-state index in [1.165, 1.54) is 12.7 Å². The monoisotopic (exact) mass is 824 g/mol. The van der Waals surface area contributed by atoms with Crippen molar-refractivity contribution in [3.05, 3.63) is 11.6 Å². The van der Waals surface area contributed by atoms with Gasteiger partial charge in [-0.05, 0) is 111 Å². The highest BCUT2D eigenvalue weighted by molar-refractivity contribution is 5.80. The number of aliphatic carboxylic acids is 1. The van der Waals surface area contributed by atoms with Crippen LogP contribution in [0.4, 0.5) is 0 Å². The van der Waals surface area contributed by atoms with Gasteiger partial charge in [0.2, 0.25) is 0 Å². The van der Waals surface area contributed by atoms with E-state index in [4.69, 9.17) is 23.7 Å². The van der Waals surface area contributed by atoms with Crippen molar-refractivity contribution >= 4 is 11.9 Å². The topological polar surface area (TPSA) is 242 Å². The van der Waals surface area contributed by atoms with Gasteiger partial charge in [0.1, 0.15) is 48.8 Å². The third-order valence-corrected chi connectivity index (χ3v) is 17.7. The first kappa shape index (κ1) is 44.3. The molecular formula is C43H68O15. The predicted molar refractivity (Wildman–Crippen MR) is 204 cm³/mol. The number of hydrogen-bond donors (Lipinski definition) is 8. The Labute approximate surface area is 341 Å². The van der Waals surface area contributed by atoms with Crippen molar-refractivity contribution in [1.29, 1.82) is 0 Å². The molecule has 0 aromatic rings. The molecule has 4 saturated carbocycles. The lowest BCUT2D eigenvalue weighted by Gasteiger charge is -2.71. The van der Waals surface area contributed by atoms with Gasteiger partial charge in [0.25, 0.3) is 0 Å². The summed E-state index contributed by atoms with van der Waals surface area (Å²) in [5.41, 5.74) is -1.49. The summed E-state index contributed by atoms with van der Waals surface area (Å²) in [6.45, 7) is 12.1. The molecule has 7 rings (SSSR count). The van der Waals surface area contributed by atoms with Gasteiger partial charge in [-0.2, -0.15) is 0 Å². The minimum absolute atomic E-state index is 0.140. The summed E-state index contributed by atoms with van der Waals surface area (Å²) in [5.74, 6) is -0.880. The van der Waals surface area contributed by atoms with Crippen molar-refractivity contribution in [3.8, 4) is 0 Å². The summed E-state index contributed by atoms with van der Waals surface area (Å²) in [4.78, 5) is 26.3. The smallest absolute Gasteiger partial charge is 0.311 e. The van der Waals surface area contributed by atoms with Crippen molar-refractivity contribution in [2.75, 3.05) is 20.3 Å². The Balaban J connectivity index is 1.15. The lowest BCUT2D eigenvalue weighted by molar-refractivity contribution is -0.378. The molecule has 0 bridgehead atoms. The number of carboxylic acids is 1. The van der Waals surface area contributed by atoms with E-state index >= 15 is 0 Å². The van der Waals surface area contributed by atoms with Gasteiger partial charge in [-0.1, -0.05) is 46.3 Å². The van der Waals surface area contributed by atoms with Gasteiger partial charge in [-0.25, -0.2) is 0 Å². The van der Waals surface area contributed by atoms with Crippen LogP contribution in [-0.2, 0) is 33.3 Å². The molecule has 330 valence electrons. The van der Waals surface area contributed by atoms with Crippen LogP contribution in [-0.4, -0.2) is 141 Å². The maximum atomic E-state index is 13.2. The Bertz CT molecular complexity index is 1600. The number of rotatable bonds is 8. The van der Waals surface area contributed by atoms with Crippen LogP contribution >= 0.6 is 0 Å². The molecule has 0 spiro atoms. The van der Waals surface area contributed by atoms with E-state index in [-0.39, 0.29) is 40.0 Å². The molecule has 0 amide bonds.